The number of aryl methyl sites for hydroxylation is 1. The molecule has 1 atom stereocenters. The van der Waals surface area contributed by atoms with Gasteiger partial charge in [-0.25, -0.2) is 12.8 Å². The predicted molar refractivity (Wildman–Crippen MR) is 144 cm³/mol. The summed E-state index contributed by atoms with van der Waals surface area (Å²) in [5.41, 5.74) is 1.43. The Morgan fingerprint density at radius 2 is 1.62 bits per heavy atom. The number of nitrogens with one attached hydrogen (secondary N) is 1. The van der Waals surface area contributed by atoms with Gasteiger partial charge in [0.25, 0.3) is 10.0 Å². The van der Waals surface area contributed by atoms with Crippen molar-refractivity contribution in [1.29, 1.82) is 0 Å². The Labute approximate surface area is 221 Å². The maximum atomic E-state index is 14.5. The van der Waals surface area contributed by atoms with E-state index >= 15 is 0 Å². The highest BCUT2D eigenvalue weighted by Gasteiger charge is 2.32. The molecule has 10 heteroatoms. The molecule has 3 aromatic rings. The van der Waals surface area contributed by atoms with Gasteiger partial charge in [-0.1, -0.05) is 35.9 Å². The molecule has 0 bridgehead atoms. The van der Waals surface area contributed by atoms with E-state index in [2.05, 4.69) is 5.32 Å². The van der Waals surface area contributed by atoms with Crippen molar-refractivity contribution in [2.24, 2.45) is 0 Å². The van der Waals surface area contributed by atoms with Crippen LogP contribution in [0.25, 0.3) is 0 Å². The van der Waals surface area contributed by atoms with Gasteiger partial charge < -0.3 is 10.2 Å². The fraction of sp³-hybridized carbons (Fsp3) is 0.259. The minimum atomic E-state index is -4.15. The summed E-state index contributed by atoms with van der Waals surface area (Å²) in [5.74, 6) is -1.63. The van der Waals surface area contributed by atoms with Crippen LogP contribution in [0.2, 0.25) is 0 Å². The maximum Gasteiger partial charge on any atom is 0.264 e. The molecule has 0 aliphatic heterocycles. The highest BCUT2D eigenvalue weighted by molar-refractivity contribution is 7.98. The van der Waals surface area contributed by atoms with Gasteiger partial charge in [-0.2, -0.15) is 0 Å². The van der Waals surface area contributed by atoms with Crippen molar-refractivity contribution >= 4 is 39.3 Å². The average molecular weight is 544 g/mol. The molecule has 0 aliphatic carbocycles. The third-order valence-electron chi connectivity index (χ3n) is 5.96. The average Bonchev–Trinajstić information content (AvgIpc) is 2.90. The van der Waals surface area contributed by atoms with Crippen molar-refractivity contribution in [1.82, 2.24) is 10.2 Å². The van der Waals surface area contributed by atoms with Crippen LogP contribution < -0.4 is 9.62 Å². The molecule has 37 heavy (non-hydrogen) atoms. The first-order valence-electron chi connectivity index (χ1n) is 11.6. The van der Waals surface area contributed by atoms with Crippen molar-refractivity contribution in [3.05, 3.63) is 89.7 Å². The summed E-state index contributed by atoms with van der Waals surface area (Å²) < 4.78 is 43.0. The molecular formula is C27H30FN3O4S2. The lowest BCUT2D eigenvalue weighted by molar-refractivity contribution is -0.139. The monoisotopic (exact) mass is 543 g/mol. The third kappa shape index (κ3) is 6.69. The Balaban J connectivity index is 2.03. The van der Waals surface area contributed by atoms with Gasteiger partial charge in [0.1, 0.15) is 18.4 Å². The minimum Gasteiger partial charge on any atom is -0.357 e. The zero-order valence-corrected chi connectivity index (χ0v) is 22.8. The van der Waals surface area contributed by atoms with Gasteiger partial charge >= 0.3 is 0 Å². The number of rotatable bonds is 10. The molecular weight excluding hydrogens is 513 g/mol. The molecule has 0 saturated carbocycles. The molecule has 0 fully saturated rings. The molecule has 0 heterocycles. The number of carbonyl (C=O) groups excluding carboxylic acids is 2. The van der Waals surface area contributed by atoms with Gasteiger partial charge in [-0.15, -0.1) is 11.8 Å². The highest BCUT2D eigenvalue weighted by atomic mass is 32.2. The van der Waals surface area contributed by atoms with Crippen LogP contribution in [0.1, 0.15) is 18.1 Å². The molecule has 2 amide bonds. The van der Waals surface area contributed by atoms with Gasteiger partial charge in [0, 0.05) is 24.1 Å². The number of anilines is 1. The normalized spacial score (nSPS) is 12.0. The van der Waals surface area contributed by atoms with E-state index in [0.29, 0.717) is 5.69 Å². The molecule has 0 unspecified atom stereocenters. The number of halogens is 1. The molecule has 0 saturated heterocycles. The summed E-state index contributed by atoms with van der Waals surface area (Å²) in [7, 11) is -2.71. The van der Waals surface area contributed by atoms with Crippen LogP contribution in [0.4, 0.5) is 10.1 Å². The Bertz CT molecular complexity index is 1350. The van der Waals surface area contributed by atoms with Crippen molar-refractivity contribution in [3.8, 4) is 0 Å². The topological polar surface area (TPSA) is 86.8 Å². The number of hydrogen-bond acceptors (Lipinski definition) is 5. The molecule has 7 nitrogen and oxygen atoms in total. The molecule has 0 spiro atoms. The van der Waals surface area contributed by atoms with E-state index in [0.717, 1.165) is 14.8 Å². The number of carbonyl (C=O) groups is 2. The van der Waals surface area contributed by atoms with Crippen LogP contribution in [-0.2, 0) is 26.2 Å². The Kier molecular flexibility index (Phi) is 9.34. The molecule has 0 aliphatic rings. The minimum absolute atomic E-state index is 0.0266. The smallest absolute Gasteiger partial charge is 0.264 e. The van der Waals surface area contributed by atoms with Crippen LogP contribution in [0, 0.1) is 12.7 Å². The van der Waals surface area contributed by atoms with E-state index in [1.165, 1.54) is 61.0 Å². The lowest BCUT2D eigenvalue weighted by Gasteiger charge is -2.32. The first-order chi connectivity index (χ1) is 17.6. The van der Waals surface area contributed by atoms with Crippen LogP contribution >= 0.6 is 11.8 Å². The van der Waals surface area contributed by atoms with E-state index in [-0.39, 0.29) is 17.0 Å². The van der Waals surface area contributed by atoms with Gasteiger partial charge in [-0.05, 0) is 62.6 Å². The number of thioether (sulfide) groups is 1. The SMILES string of the molecule is CNC(=O)[C@@H](C)N(Cc1ccccc1F)C(=O)CN(c1ccc(C)cc1)S(=O)(=O)c1ccc(SC)cc1. The predicted octanol–water partition coefficient (Wildman–Crippen LogP) is 4.21. The fourth-order valence-corrected chi connectivity index (χ4v) is 5.54. The Morgan fingerprint density at radius 1 is 1.00 bits per heavy atom. The summed E-state index contributed by atoms with van der Waals surface area (Å²) in [6, 6.07) is 18.1. The number of benzene rings is 3. The number of hydrogen-bond donors (Lipinski definition) is 1. The fourth-order valence-electron chi connectivity index (χ4n) is 3.72. The highest BCUT2D eigenvalue weighted by Crippen LogP contribution is 2.26. The summed E-state index contributed by atoms with van der Waals surface area (Å²) >= 11 is 1.48. The standard InChI is InChI=1S/C27H30FN3O4S2/c1-19-9-11-22(12-10-19)31(37(34,35)24-15-13-23(36-4)14-16-24)18-26(32)30(20(2)27(33)29-3)17-21-7-5-6-8-25(21)28/h5-16,20H,17-18H2,1-4H3,(H,29,33)/t20-/m1/s1. The van der Waals surface area contributed by atoms with E-state index in [9.17, 15) is 22.4 Å². The van der Waals surface area contributed by atoms with Crippen molar-refractivity contribution in [2.45, 2.75) is 36.2 Å². The molecule has 0 aromatic heterocycles. The van der Waals surface area contributed by atoms with Gasteiger partial charge in [0.2, 0.25) is 11.8 Å². The van der Waals surface area contributed by atoms with Gasteiger partial charge in [-0.3, -0.25) is 13.9 Å². The zero-order chi connectivity index (χ0) is 27.2. The maximum absolute atomic E-state index is 14.5. The van der Waals surface area contributed by atoms with Crippen molar-refractivity contribution < 1.29 is 22.4 Å². The summed E-state index contributed by atoms with van der Waals surface area (Å²) in [6.45, 7) is 2.61. The van der Waals surface area contributed by atoms with E-state index < -0.39 is 40.2 Å². The first-order valence-corrected chi connectivity index (χ1v) is 14.2. The molecule has 3 rings (SSSR count). The second kappa shape index (κ2) is 12.2. The molecule has 0 radical (unpaired) electrons. The van der Waals surface area contributed by atoms with E-state index in [1.807, 2.05) is 13.2 Å². The summed E-state index contributed by atoms with van der Waals surface area (Å²) in [4.78, 5) is 28.2. The largest absolute Gasteiger partial charge is 0.357 e. The number of amides is 2. The Morgan fingerprint density at radius 3 is 2.19 bits per heavy atom. The second-order valence-electron chi connectivity index (χ2n) is 8.43. The van der Waals surface area contributed by atoms with Crippen molar-refractivity contribution in [3.63, 3.8) is 0 Å². The summed E-state index contributed by atoms with van der Waals surface area (Å²) in [6.07, 6.45) is 1.89. The second-order valence-corrected chi connectivity index (χ2v) is 11.2. The molecule has 3 aromatic carbocycles. The van der Waals surface area contributed by atoms with Crippen LogP contribution in [0.15, 0.2) is 82.6 Å². The number of nitrogens with zero attached hydrogens (tertiary/aromatic N) is 2. The lowest BCUT2D eigenvalue weighted by Crippen LogP contribution is -2.50. The lowest BCUT2D eigenvalue weighted by atomic mass is 10.1. The van der Waals surface area contributed by atoms with Crippen molar-refractivity contribution in [2.75, 3.05) is 24.2 Å². The van der Waals surface area contributed by atoms with Crippen LogP contribution in [-0.4, -0.2) is 51.0 Å². The van der Waals surface area contributed by atoms with Gasteiger partial charge in [0.15, 0.2) is 0 Å². The summed E-state index contributed by atoms with van der Waals surface area (Å²) in [5, 5.41) is 2.50. The van der Waals surface area contributed by atoms with Crippen LogP contribution in [0.5, 0.6) is 0 Å². The number of likely N-dealkylation sites (N-methyl/N-ethyl adjacent to an activating group) is 1. The quantitative estimate of drug-likeness (QED) is 0.387. The van der Waals surface area contributed by atoms with Gasteiger partial charge in [0.05, 0.1) is 10.6 Å². The third-order valence-corrected chi connectivity index (χ3v) is 8.49. The van der Waals surface area contributed by atoms with E-state index in [4.69, 9.17) is 0 Å². The van der Waals surface area contributed by atoms with E-state index in [1.54, 1.807) is 42.5 Å². The molecule has 1 N–H and O–H groups in total. The Hall–Kier alpha value is -3.37. The first kappa shape index (κ1) is 28.2. The van der Waals surface area contributed by atoms with Crippen LogP contribution in [0.3, 0.4) is 0 Å². The molecule has 196 valence electrons. The zero-order valence-electron chi connectivity index (χ0n) is 21.1. The number of sulfonamides is 1.